The molecular weight excluding hydrogens is 517 g/mol. The molecule has 1 saturated carbocycles. The number of likely N-dealkylation sites (tertiary alicyclic amines) is 1. The third-order valence-corrected chi connectivity index (χ3v) is 8.57. The van der Waals surface area contributed by atoms with E-state index in [1.165, 1.54) is 6.20 Å². The van der Waals surface area contributed by atoms with E-state index < -0.39 is 23.6 Å². The molecule has 3 aromatic rings. The van der Waals surface area contributed by atoms with Crippen molar-refractivity contribution in [1.29, 1.82) is 0 Å². The molecule has 1 saturated heterocycles. The van der Waals surface area contributed by atoms with Crippen LogP contribution in [0.15, 0.2) is 48.7 Å². The molecule has 1 N–H and O–H groups in total. The van der Waals surface area contributed by atoms with Gasteiger partial charge in [0.05, 0.1) is 25.2 Å². The van der Waals surface area contributed by atoms with E-state index in [4.69, 9.17) is 4.74 Å². The highest BCUT2D eigenvalue weighted by atomic mass is 19.3. The number of rotatable bonds is 8. The lowest BCUT2D eigenvalue weighted by Crippen LogP contribution is -2.55. The van der Waals surface area contributed by atoms with E-state index >= 15 is 0 Å². The summed E-state index contributed by atoms with van der Waals surface area (Å²) in [5.74, 6) is -3.32. The van der Waals surface area contributed by atoms with Crippen LogP contribution >= 0.6 is 0 Å². The molecule has 0 spiro atoms. The van der Waals surface area contributed by atoms with Gasteiger partial charge in [-0.05, 0) is 84.4 Å². The van der Waals surface area contributed by atoms with Crippen molar-refractivity contribution in [2.45, 2.75) is 64.0 Å². The largest absolute Gasteiger partial charge is 0.485 e. The highest BCUT2D eigenvalue weighted by Crippen LogP contribution is 2.48. The topological polar surface area (TPSA) is 62.7 Å². The molecule has 8 heteroatoms. The number of benzene rings is 2. The molecule has 1 unspecified atom stereocenters. The number of carboxylic acids is 1. The van der Waals surface area contributed by atoms with Crippen molar-refractivity contribution in [1.82, 2.24) is 9.88 Å². The first kappa shape index (κ1) is 26.8. The molecule has 0 amide bonds. The minimum atomic E-state index is -2.69. The third kappa shape index (κ3) is 5.33. The summed E-state index contributed by atoms with van der Waals surface area (Å²) in [6.45, 7) is 3.21. The van der Waals surface area contributed by atoms with Gasteiger partial charge in [0.2, 0.25) is 0 Å². The van der Waals surface area contributed by atoms with Gasteiger partial charge in [0.15, 0.2) is 0 Å². The number of hydrogen-bond donors (Lipinski definition) is 1. The lowest BCUT2D eigenvalue weighted by atomic mass is 9.82. The standard InChI is InChI=1S/C32H33F3N2O3/c1-18-11-26(27(33)14-36-18)25-9-7-22(12-24(25)15-37-16-32(34,35)17-37)28-10-8-20-3-6-23(13-29(20)40-28)30(21-4-5-21)19(2)31(38)39/h3,6-7,9,11-14,19,21,28,30H,4-5,8,10,15-17H2,1-2H3,(H,38,39)/t19-,28?,30-/m0/s1. The molecule has 3 heterocycles. The van der Waals surface area contributed by atoms with Crippen molar-refractivity contribution >= 4 is 5.97 Å². The van der Waals surface area contributed by atoms with Gasteiger partial charge in [-0.2, -0.15) is 0 Å². The first-order valence-corrected chi connectivity index (χ1v) is 14.0. The van der Waals surface area contributed by atoms with E-state index in [0.717, 1.165) is 53.7 Å². The van der Waals surface area contributed by atoms with Crippen LogP contribution < -0.4 is 4.74 Å². The zero-order valence-corrected chi connectivity index (χ0v) is 22.7. The van der Waals surface area contributed by atoms with Gasteiger partial charge in [0, 0.05) is 17.8 Å². The van der Waals surface area contributed by atoms with Gasteiger partial charge < -0.3 is 9.84 Å². The molecule has 2 fully saturated rings. The monoisotopic (exact) mass is 550 g/mol. The van der Waals surface area contributed by atoms with E-state index in [0.29, 0.717) is 22.7 Å². The normalized spacial score (nSPS) is 21.6. The highest BCUT2D eigenvalue weighted by molar-refractivity contribution is 5.71. The van der Waals surface area contributed by atoms with Crippen LogP contribution in [0.1, 0.15) is 66.2 Å². The van der Waals surface area contributed by atoms with Crippen LogP contribution in [0.25, 0.3) is 11.1 Å². The summed E-state index contributed by atoms with van der Waals surface area (Å²) < 4.78 is 48.6. The Kier molecular flexibility index (Phi) is 6.85. The number of hydrogen-bond acceptors (Lipinski definition) is 4. The summed E-state index contributed by atoms with van der Waals surface area (Å²) in [6.07, 6.45) is 4.56. The van der Waals surface area contributed by atoms with Crippen LogP contribution in [-0.2, 0) is 17.8 Å². The van der Waals surface area contributed by atoms with Gasteiger partial charge in [-0.3, -0.25) is 14.7 Å². The average Bonchev–Trinajstić information content (AvgIpc) is 3.74. The zero-order chi connectivity index (χ0) is 28.2. The van der Waals surface area contributed by atoms with E-state index in [1.54, 1.807) is 24.8 Å². The third-order valence-electron chi connectivity index (χ3n) is 8.57. The van der Waals surface area contributed by atoms with Crippen LogP contribution in [0.4, 0.5) is 13.2 Å². The van der Waals surface area contributed by atoms with E-state index in [9.17, 15) is 23.1 Å². The second-order valence-electron chi connectivity index (χ2n) is 11.7. The molecule has 210 valence electrons. The number of aliphatic carboxylic acids is 1. The van der Waals surface area contributed by atoms with Gasteiger partial charge >= 0.3 is 5.97 Å². The van der Waals surface area contributed by atoms with Gasteiger partial charge in [-0.25, -0.2) is 13.2 Å². The molecule has 3 atom stereocenters. The van der Waals surface area contributed by atoms with Crippen LogP contribution in [-0.4, -0.2) is 40.0 Å². The fourth-order valence-corrected chi connectivity index (χ4v) is 6.32. The Labute approximate surface area is 232 Å². The second-order valence-corrected chi connectivity index (χ2v) is 11.7. The molecule has 6 rings (SSSR count). The number of halogens is 3. The number of ether oxygens (including phenoxy) is 1. The van der Waals surface area contributed by atoms with Crippen molar-refractivity contribution in [3.8, 4) is 16.9 Å². The van der Waals surface area contributed by atoms with Gasteiger partial charge in [0.25, 0.3) is 5.92 Å². The van der Waals surface area contributed by atoms with E-state index in [2.05, 4.69) is 11.1 Å². The SMILES string of the molecule is Cc1cc(-c2ccc(C3CCc4ccc([C@H](C5CC5)[C@H](C)C(=O)O)cc4O3)cc2CN2CC(F)(F)C2)c(F)cn1. The Morgan fingerprint density at radius 1 is 1.12 bits per heavy atom. The maximum Gasteiger partial charge on any atom is 0.306 e. The maximum atomic E-state index is 14.8. The smallest absolute Gasteiger partial charge is 0.306 e. The van der Waals surface area contributed by atoms with Crippen LogP contribution in [0.5, 0.6) is 5.75 Å². The lowest BCUT2D eigenvalue weighted by Gasteiger charge is -2.39. The maximum absolute atomic E-state index is 14.8. The summed E-state index contributed by atoms with van der Waals surface area (Å²) in [7, 11) is 0. The molecule has 0 bridgehead atoms. The first-order chi connectivity index (χ1) is 19.1. The zero-order valence-electron chi connectivity index (χ0n) is 22.7. The van der Waals surface area contributed by atoms with E-state index in [-0.39, 0.29) is 31.7 Å². The number of aromatic nitrogens is 1. The number of fused-ring (bicyclic) bond motifs is 1. The van der Waals surface area contributed by atoms with Crippen molar-refractivity contribution in [3.63, 3.8) is 0 Å². The van der Waals surface area contributed by atoms with Gasteiger partial charge in [0.1, 0.15) is 17.7 Å². The first-order valence-electron chi connectivity index (χ1n) is 14.0. The van der Waals surface area contributed by atoms with Crippen molar-refractivity contribution < 1.29 is 27.8 Å². The number of carboxylic acid groups (broad SMARTS) is 1. The molecule has 3 aliphatic rings. The minimum Gasteiger partial charge on any atom is -0.485 e. The second kappa shape index (κ2) is 10.2. The Hall–Kier alpha value is -3.39. The predicted molar refractivity (Wildman–Crippen MR) is 145 cm³/mol. The van der Waals surface area contributed by atoms with Crippen molar-refractivity contribution in [2.75, 3.05) is 13.1 Å². The fraction of sp³-hybridized carbons (Fsp3) is 0.438. The highest BCUT2D eigenvalue weighted by Gasteiger charge is 2.44. The molecule has 40 heavy (non-hydrogen) atoms. The molecule has 2 aliphatic heterocycles. The number of alkyl halides is 2. The van der Waals surface area contributed by atoms with Crippen LogP contribution in [0.2, 0.25) is 0 Å². The fourth-order valence-electron chi connectivity index (χ4n) is 6.32. The Morgan fingerprint density at radius 2 is 1.90 bits per heavy atom. The van der Waals surface area contributed by atoms with E-state index in [1.807, 2.05) is 30.3 Å². The number of carbonyl (C=O) groups is 1. The average molecular weight is 551 g/mol. The summed E-state index contributed by atoms with van der Waals surface area (Å²) in [6, 6.07) is 13.5. The summed E-state index contributed by atoms with van der Waals surface area (Å²) in [4.78, 5) is 17.5. The lowest BCUT2D eigenvalue weighted by molar-refractivity contribution is -0.142. The summed E-state index contributed by atoms with van der Waals surface area (Å²) in [5.41, 5.74) is 5.50. The molecule has 2 aromatic carbocycles. The van der Waals surface area contributed by atoms with Crippen LogP contribution in [0, 0.1) is 24.6 Å². The molecular formula is C32H33F3N2O3. The summed E-state index contributed by atoms with van der Waals surface area (Å²) >= 11 is 0. The minimum absolute atomic E-state index is 0.0500. The van der Waals surface area contributed by atoms with Crippen LogP contribution in [0.3, 0.4) is 0 Å². The molecule has 1 aliphatic carbocycles. The number of pyridine rings is 1. The van der Waals surface area contributed by atoms with Crippen molar-refractivity contribution in [3.05, 3.63) is 82.4 Å². The predicted octanol–water partition coefficient (Wildman–Crippen LogP) is 6.93. The molecule has 1 aromatic heterocycles. The number of nitrogens with zero attached hydrogens (tertiary/aromatic N) is 2. The Morgan fingerprint density at radius 3 is 2.60 bits per heavy atom. The molecule has 0 radical (unpaired) electrons. The van der Waals surface area contributed by atoms with Gasteiger partial charge in [-0.1, -0.05) is 37.3 Å². The Balaban J connectivity index is 1.30. The summed E-state index contributed by atoms with van der Waals surface area (Å²) in [5, 5.41) is 9.69. The quantitative estimate of drug-likeness (QED) is 0.330. The molecule has 5 nitrogen and oxygen atoms in total. The number of aryl methyl sites for hydroxylation is 2. The van der Waals surface area contributed by atoms with Gasteiger partial charge in [-0.15, -0.1) is 0 Å². The Bertz CT molecular complexity index is 1450. The van der Waals surface area contributed by atoms with Crippen molar-refractivity contribution in [2.24, 2.45) is 11.8 Å².